The lowest BCUT2D eigenvalue weighted by Crippen LogP contribution is -2.14. The monoisotopic (exact) mass is 300 g/mol. The Morgan fingerprint density at radius 1 is 1.19 bits per heavy atom. The van der Waals surface area contributed by atoms with E-state index in [2.05, 4.69) is 10.2 Å². The average Bonchev–Trinajstić information content (AvgIpc) is 2.96. The molecule has 0 aliphatic carbocycles. The number of para-hydroxylation sites is 1. The summed E-state index contributed by atoms with van der Waals surface area (Å²) in [6.07, 6.45) is 1.95. The van der Waals surface area contributed by atoms with Gasteiger partial charge in [0.1, 0.15) is 5.75 Å². The third-order valence-corrected chi connectivity index (χ3v) is 4.28. The molecule has 2 heterocycles. The second-order valence-electron chi connectivity index (χ2n) is 4.57. The maximum atomic E-state index is 6.27. The first-order valence-corrected chi connectivity index (χ1v) is 7.59. The Balaban J connectivity index is 1.75. The van der Waals surface area contributed by atoms with Crippen LogP contribution >= 0.6 is 11.8 Å². The van der Waals surface area contributed by atoms with Gasteiger partial charge in [-0.05, 0) is 18.2 Å². The quantitative estimate of drug-likeness (QED) is 0.734. The van der Waals surface area contributed by atoms with Gasteiger partial charge in [0.25, 0.3) is 0 Å². The SMILES string of the molecule is COc1ccccc1C(N)CSc1nnc2ccccn12. The number of rotatable bonds is 5. The van der Waals surface area contributed by atoms with E-state index in [4.69, 9.17) is 10.5 Å². The van der Waals surface area contributed by atoms with Crippen LogP contribution < -0.4 is 10.5 Å². The Kier molecular flexibility index (Phi) is 4.08. The number of aromatic nitrogens is 3. The van der Waals surface area contributed by atoms with Crippen molar-refractivity contribution in [3.8, 4) is 5.75 Å². The third kappa shape index (κ3) is 2.86. The maximum Gasteiger partial charge on any atom is 0.195 e. The molecule has 0 saturated heterocycles. The van der Waals surface area contributed by atoms with Crippen LogP contribution in [-0.2, 0) is 0 Å². The smallest absolute Gasteiger partial charge is 0.195 e. The van der Waals surface area contributed by atoms with Crippen LogP contribution in [0, 0.1) is 0 Å². The predicted octanol–water partition coefficient (Wildman–Crippen LogP) is 2.53. The minimum Gasteiger partial charge on any atom is -0.496 e. The number of ether oxygens (including phenoxy) is 1. The molecule has 0 aliphatic rings. The molecule has 0 bridgehead atoms. The summed E-state index contributed by atoms with van der Waals surface area (Å²) in [6.45, 7) is 0. The lowest BCUT2D eigenvalue weighted by atomic mass is 10.1. The topological polar surface area (TPSA) is 65.4 Å². The van der Waals surface area contributed by atoms with Gasteiger partial charge < -0.3 is 10.5 Å². The number of nitrogens with zero attached hydrogens (tertiary/aromatic N) is 3. The lowest BCUT2D eigenvalue weighted by Gasteiger charge is -2.14. The first kappa shape index (κ1) is 13.9. The van der Waals surface area contributed by atoms with Crippen molar-refractivity contribution in [2.24, 2.45) is 5.73 Å². The Labute approximate surface area is 127 Å². The second kappa shape index (κ2) is 6.15. The number of nitrogens with two attached hydrogens (primary N) is 1. The van der Waals surface area contributed by atoms with E-state index in [1.165, 1.54) is 0 Å². The van der Waals surface area contributed by atoms with Gasteiger partial charge in [-0.2, -0.15) is 0 Å². The molecular weight excluding hydrogens is 284 g/mol. The van der Waals surface area contributed by atoms with Crippen molar-refractivity contribution in [2.75, 3.05) is 12.9 Å². The zero-order chi connectivity index (χ0) is 14.7. The molecule has 2 aromatic heterocycles. The zero-order valence-electron chi connectivity index (χ0n) is 11.6. The van der Waals surface area contributed by atoms with Crippen molar-refractivity contribution < 1.29 is 4.74 Å². The van der Waals surface area contributed by atoms with Crippen LogP contribution in [0.4, 0.5) is 0 Å². The minimum absolute atomic E-state index is 0.123. The van der Waals surface area contributed by atoms with Gasteiger partial charge in [0.2, 0.25) is 0 Å². The molecule has 0 radical (unpaired) electrons. The molecule has 1 unspecified atom stereocenters. The molecule has 6 heteroatoms. The molecule has 108 valence electrons. The van der Waals surface area contributed by atoms with Gasteiger partial charge in [-0.1, -0.05) is 36.0 Å². The van der Waals surface area contributed by atoms with E-state index in [0.717, 1.165) is 22.1 Å². The summed E-state index contributed by atoms with van der Waals surface area (Å²) >= 11 is 1.59. The van der Waals surface area contributed by atoms with E-state index < -0.39 is 0 Å². The van der Waals surface area contributed by atoms with Crippen LogP contribution in [0.1, 0.15) is 11.6 Å². The van der Waals surface area contributed by atoms with E-state index in [0.29, 0.717) is 5.75 Å². The summed E-state index contributed by atoms with van der Waals surface area (Å²) in [4.78, 5) is 0. The number of hydrogen-bond donors (Lipinski definition) is 1. The number of fused-ring (bicyclic) bond motifs is 1. The highest BCUT2D eigenvalue weighted by Crippen LogP contribution is 2.28. The number of methoxy groups -OCH3 is 1. The largest absolute Gasteiger partial charge is 0.496 e. The number of thioether (sulfide) groups is 1. The number of hydrogen-bond acceptors (Lipinski definition) is 5. The van der Waals surface area contributed by atoms with E-state index in [1.807, 2.05) is 53.1 Å². The second-order valence-corrected chi connectivity index (χ2v) is 5.56. The molecule has 0 aliphatic heterocycles. The van der Waals surface area contributed by atoms with Crippen LogP contribution in [0.5, 0.6) is 5.75 Å². The molecule has 0 fully saturated rings. The van der Waals surface area contributed by atoms with Crippen molar-refractivity contribution in [1.29, 1.82) is 0 Å². The van der Waals surface area contributed by atoms with Gasteiger partial charge in [0.15, 0.2) is 10.8 Å². The fourth-order valence-electron chi connectivity index (χ4n) is 2.14. The molecule has 5 nitrogen and oxygen atoms in total. The molecule has 0 saturated carbocycles. The fourth-order valence-corrected chi connectivity index (χ4v) is 3.04. The van der Waals surface area contributed by atoms with Crippen molar-refractivity contribution in [3.05, 3.63) is 54.2 Å². The van der Waals surface area contributed by atoms with Gasteiger partial charge in [0, 0.05) is 23.6 Å². The van der Waals surface area contributed by atoms with Crippen molar-refractivity contribution in [1.82, 2.24) is 14.6 Å². The molecule has 1 atom stereocenters. The molecular formula is C15H16N4OS. The van der Waals surface area contributed by atoms with Gasteiger partial charge in [-0.15, -0.1) is 10.2 Å². The summed E-state index contributed by atoms with van der Waals surface area (Å²) in [5.41, 5.74) is 8.11. The Hall–Kier alpha value is -2.05. The highest BCUT2D eigenvalue weighted by Gasteiger charge is 2.13. The van der Waals surface area contributed by atoms with Crippen LogP contribution in [0.25, 0.3) is 5.65 Å². The Bertz CT molecular complexity index is 743. The first-order valence-electron chi connectivity index (χ1n) is 6.60. The van der Waals surface area contributed by atoms with Crippen molar-refractivity contribution in [2.45, 2.75) is 11.2 Å². The molecule has 0 amide bonds. The van der Waals surface area contributed by atoms with Gasteiger partial charge in [-0.25, -0.2) is 0 Å². The van der Waals surface area contributed by atoms with Crippen molar-refractivity contribution >= 4 is 17.4 Å². The van der Waals surface area contributed by atoms with Gasteiger partial charge in [-0.3, -0.25) is 4.40 Å². The first-order chi connectivity index (χ1) is 10.3. The van der Waals surface area contributed by atoms with Crippen molar-refractivity contribution in [3.63, 3.8) is 0 Å². The van der Waals surface area contributed by atoms with E-state index >= 15 is 0 Å². The summed E-state index contributed by atoms with van der Waals surface area (Å²) in [6, 6.07) is 13.5. The molecule has 0 spiro atoms. The van der Waals surface area contributed by atoms with Gasteiger partial charge in [0.05, 0.1) is 7.11 Å². The zero-order valence-corrected chi connectivity index (χ0v) is 12.5. The summed E-state index contributed by atoms with van der Waals surface area (Å²) in [7, 11) is 1.66. The Morgan fingerprint density at radius 3 is 2.86 bits per heavy atom. The van der Waals surface area contributed by atoms with Crippen LogP contribution in [-0.4, -0.2) is 27.5 Å². The maximum absolute atomic E-state index is 6.27. The third-order valence-electron chi connectivity index (χ3n) is 3.21. The van der Waals surface area contributed by atoms with Crippen LogP contribution in [0.3, 0.4) is 0 Å². The van der Waals surface area contributed by atoms with E-state index in [-0.39, 0.29) is 6.04 Å². The number of benzene rings is 1. The predicted molar refractivity (Wildman–Crippen MR) is 83.6 cm³/mol. The highest BCUT2D eigenvalue weighted by atomic mass is 32.2. The fraction of sp³-hybridized carbons (Fsp3) is 0.200. The molecule has 3 rings (SSSR count). The number of pyridine rings is 1. The summed E-state index contributed by atoms with van der Waals surface area (Å²) in [5.74, 6) is 1.52. The minimum atomic E-state index is -0.123. The Morgan fingerprint density at radius 2 is 2.00 bits per heavy atom. The highest BCUT2D eigenvalue weighted by molar-refractivity contribution is 7.99. The summed E-state index contributed by atoms with van der Waals surface area (Å²) < 4.78 is 7.31. The van der Waals surface area contributed by atoms with Crippen LogP contribution in [0.15, 0.2) is 53.8 Å². The summed E-state index contributed by atoms with van der Waals surface area (Å²) in [5, 5.41) is 9.17. The lowest BCUT2D eigenvalue weighted by molar-refractivity contribution is 0.407. The molecule has 3 aromatic rings. The average molecular weight is 300 g/mol. The van der Waals surface area contributed by atoms with Crippen LogP contribution in [0.2, 0.25) is 0 Å². The molecule has 21 heavy (non-hydrogen) atoms. The van der Waals surface area contributed by atoms with E-state index in [1.54, 1.807) is 18.9 Å². The van der Waals surface area contributed by atoms with E-state index in [9.17, 15) is 0 Å². The molecule has 1 aromatic carbocycles. The van der Waals surface area contributed by atoms with Gasteiger partial charge >= 0.3 is 0 Å². The standard InChI is InChI=1S/C15H16N4OS/c1-20-13-7-3-2-6-11(13)12(16)10-21-15-18-17-14-8-4-5-9-19(14)15/h2-9,12H,10,16H2,1H3. The molecule has 2 N–H and O–H groups in total. The normalized spacial score (nSPS) is 12.5.